The van der Waals surface area contributed by atoms with Crippen molar-refractivity contribution >= 4 is 6.09 Å². The average Bonchev–Trinajstić information content (AvgIpc) is 2.53. The number of nitrogens with zero attached hydrogens (tertiary/aromatic N) is 1. The molecule has 1 aliphatic heterocycles. The van der Waals surface area contributed by atoms with Gasteiger partial charge in [-0.25, -0.2) is 4.79 Å². The quantitative estimate of drug-likeness (QED) is 0.909. The molecule has 0 fully saturated rings. The van der Waals surface area contributed by atoms with Crippen LogP contribution in [0.4, 0.5) is 4.79 Å². The monoisotopic (exact) mass is 284 g/mol. The summed E-state index contributed by atoms with van der Waals surface area (Å²) in [4.78, 5) is 14.8. The fourth-order valence-electron chi connectivity index (χ4n) is 2.67. The van der Waals surface area contributed by atoms with Gasteiger partial charge in [0.1, 0.15) is 5.75 Å². The average molecular weight is 284 g/mol. The number of carbonyl (C=O) groups is 1. The first-order valence-electron chi connectivity index (χ1n) is 6.88. The zero-order valence-corrected chi connectivity index (χ0v) is 11.5. The van der Waals surface area contributed by atoms with Gasteiger partial charge in [-0.15, -0.1) is 0 Å². The number of rotatable bonds is 3. The van der Waals surface area contributed by atoms with Gasteiger partial charge in [-0.3, -0.25) is 4.98 Å². The third-order valence-electron chi connectivity index (χ3n) is 3.67. The van der Waals surface area contributed by atoms with Crippen molar-refractivity contribution in [3.8, 4) is 16.9 Å². The number of para-hydroxylation sites is 1. The second kappa shape index (κ2) is 5.83. The SMILES string of the molecule is O=C(O)NC[C@@H]1CCOc2c(-c3cccnc3)cccc21. The van der Waals surface area contributed by atoms with Crippen LogP contribution < -0.4 is 10.1 Å². The van der Waals surface area contributed by atoms with Gasteiger partial charge in [-0.1, -0.05) is 24.3 Å². The van der Waals surface area contributed by atoms with Crippen LogP contribution in [0.25, 0.3) is 11.1 Å². The minimum absolute atomic E-state index is 0.140. The van der Waals surface area contributed by atoms with E-state index in [0.29, 0.717) is 13.2 Å². The second-order valence-electron chi connectivity index (χ2n) is 4.99. The van der Waals surface area contributed by atoms with E-state index in [9.17, 15) is 4.79 Å². The Morgan fingerprint density at radius 3 is 3.05 bits per heavy atom. The van der Waals surface area contributed by atoms with E-state index in [1.54, 1.807) is 12.4 Å². The summed E-state index contributed by atoms with van der Waals surface area (Å²) in [6.07, 6.45) is 3.35. The summed E-state index contributed by atoms with van der Waals surface area (Å²) in [5.74, 6) is 0.982. The van der Waals surface area contributed by atoms with Crippen molar-refractivity contribution in [3.63, 3.8) is 0 Å². The van der Waals surface area contributed by atoms with Crippen LogP contribution in [0.15, 0.2) is 42.7 Å². The molecule has 0 spiro atoms. The first-order valence-corrected chi connectivity index (χ1v) is 6.88. The number of hydrogen-bond acceptors (Lipinski definition) is 3. The standard InChI is InChI=1S/C16H16N2O3/c19-16(20)18-10-12-6-8-21-15-13(4-1-5-14(12)15)11-3-2-7-17-9-11/h1-5,7,9,12,18H,6,8,10H2,(H,19,20)/t12-/m0/s1. The Kier molecular flexibility index (Phi) is 3.73. The van der Waals surface area contributed by atoms with Gasteiger partial charge in [0.2, 0.25) is 0 Å². The van der Waals surface area contributed by atoms with E-state index in [-0.39, 0.29) is 5.92 Å². The van der Waals surface area contributed by atoms with Gasteiger partial charge in [0.25, 0.3) is 0 Å². The zero-order chi connectivity index (χ0) is 14.7. The number of fused-ring (bicyclic) bond motifs is 1. The number of carboxylic acid groups (broad SMARTS) is 1. The molecule has 0 saturated carbocycles. The van der Waals surface area contributed by atoms with Crippen molar-refractivity contribution in [1.29, 1.82) is 0 Å². The van der Waals surface area contributed by atoms with Crippen molar-refractivity contribution in [1.82, 2.24) is 10.3 Å². The highest BCUT2D eigenvalue weighted by Gasteiger charge is 2.24. The lowest BCUT2D eigenvalue weighted by molar-refractivity contribution is 0.191. The normalized spacial score (nSPS) is 16.7. The maximum absolute atomic E-state index is 10.7. The summed E-state index contributed by atoms with van der Waals surface area (Å²) >= 11 is 0. The van der Waals surface area contributed by atoms with Crippen molar-refractivity contribution in [2.75, 3.05) is 13.2 Å². The van der Waals surface area contributed by atoms with Gasteiger partial charge >= 0.3 is 6.09 Å². The van der Waals surface area contributed by atoms with Crippen LogP contribution in [-0.4, -0.2) is 29.3 Å². The molecule has 5 heteroatoms. The lowest BCUT2D eigenvalue weighted by Gasteiger charge is -2.27. The molecule has 1 aromatic carbocycles. The second-order valence-corrected chi connectivity index (χ2v) is 4.99. The molecule has 1 aliphatic rings. The predicted octanol–water partition coefficient (Wildman–Crippen LogP) is 2.88. The Balaban J connectivity index is 1.96. The molecule has 21 heavy (non-hydrogen) atoms. The predicted molar refractivity (Wildman–Crippen MR) is 78.6 cm³/mol. The third-order valence-corrected chi connectivity index (χ3v) is 3.67. The van der Waals surface area contributed by atoms with E-state index in [2.05, 4.69) is 10.3 Å². The van der Waals surface area contributed by atoms with Crippen molar-refractivity contribution in [2.24, 2.45) is 0 Å². The van der Waals surface area contributed by atoms with E-state index in [1.165, 1.54) is 0 Å². The topological polar surface area (TPSA) is 71.5 Å². The third kappa shape index (κ3) is 2.81. The Hall–Kier alpha value is -2.56. The van der Waals surface area contributed by atoms with Crippen LogP contribution in [0.1, 0.15) is 17.9 Å². The molecule has 3 rings (SSSR count). The highest BCUT2D eigenvalue weighted by Crippen LogP contribution is 2.40. The fraction of sp³-hybridized carbons (Fsp3) is 0.250. The van der Waals surface area contributed by atoms with Crippen LogP contribution in [-0.2, 0) is 0 Å². The molecule has 5 nitrogen and oxygen atoms in total. The lowest BCUT2D eigenvalue weighted by Crippen LogP contribution is -2.29. The minimum atomic E-state index is -0.994. The van der Waals surface area contributed by atoms with Crippen LogP contribution >= 0.6 is 0 Å². The van der Waals surface area contributed by atoms with E-state index in [1.807, 2.05) is 30.3 Å². The summed E-state index contributed by atoms with van der Waals surface area (Å²) < 4.78 is 5.84. The Morgan fingerprint density at radius 1 is 1.38 bits per heavy atom. The Bertz CT molecular complexity index is 643. The number of amides is 1. The largest absolute Gasteiger partial charge is 0.493 e. The molecular formula is C16H16N2O3. The molecule has 0 aliphatic carbocycles. The van der Waals surface area contributed by atoms with Gasteiger partial charge in [0.15, 0.2) is 0 Å². The number of ether oxygens (including phenoxy) is 1. The molecular weight excluding hydrogens is 268 g/mol. The molecule has 0 unspecified atom stereocenters. The maximum Gasteiger partial charge on any atom is 0.404 e. The van der Waals surface area contributed by atoms with Crippen molar-refractivity contribution < 1.29 is 14.6 Å². The zero-order valence-electron chi connectivity index (χ0n) is 11.5. The fourth-order valence-corrected chi connectivity index (χ4v) is 2.67. The molecule has 2 aromatic rings. The van der Waals surface area contributed by atoms with E-state index in [4.69, 9.17) is 9.84 Å². The van der Waals surface area contributed by atoms with Crippen molar-refractivity contribution in [2.45, 2.75) is 12.3 Å². The van der Waals surface area contributed by atoms with Gasteiger partial charge in [-0.05, 0) is 18.1 Å². The maximum atomic E-state index is 10.7. The highest BCUT2D eigenvalue weighted by atomic mass is 16.5. The van der Waals surface area contributed by atoms with E-state index < -0.39 is 6.09 Å². The Labute approximate surface area is 122 Å². The van der Waals surface area contributed by atoms with Crippen LogP contribution in [0.5, 0.6) is 5.75 Å². The summed E-state index contributed by atoms with van der Waals surface area (Å²) in [6, 6.07) is 9.86. The van der Waals surface area contributed by atoms with Crippen LogP contribution in [0.3, 0.4) is 0 Å². The molecule has 1 aromatic heterocycles. The molecule has 2 N–H and O–H groups in total. The number of aromatic nitrogens is 1. The summed E-state index contributed by atoms with van der Waals surface area (Å²) in [5, 5.41) is 11.2. The summed E-state index contributed by atoms with van der Waals surface area (Å²) in [5.41, 5.74) is 3.05. The van der Waals surface area contributed by atoms with E-state index in [0.717, 1.165) is 28.9 Å². The Morgan fingerprint density at radius 2 is 2.29 bits per heavy atom. The molecule has 1 amide bonds. The molecule has 0 bridgehead atoms. The van der Waals surface area contributed by atoms with Crippen LogP contribution in [0.2, 0.25) is 0 Å². The molecule has 1 atom stereocenters. The summed E-state index contributed by atoms with van der Waals surface area (Å²) in [6.45, 7) is 0.998. The first kappa shape index (κ1) is 13.4. The van der Waals surface area contributed by atoms with E-state index >= 15 is 0 Å². The lowest BCUT2D eigenvalue weighted by atomic mass is 9.90. The highest BCUT2D eigenvalue weighted by molar-refractivity contribution is 5.72. The molecule has 108 valence electrons. The van der Waals surface area contributed by atoms with Gasteiger partial charge in [-0.2, -0.15) is 0 Å². The van der Waals surface area contributed by atoms with Crippen molar-refractivity contribution in [3.05, 3.63) is 48.3 Å². The minimum Gasteiger partial charge on any atom is -0.493 e. The van der Waals surface area contributed by atoms with Gasteiger partial charge < -0.3 is 15.2 Å². The number of pyridine rings is 1. The molecule has 2 heterocycles. The first-order chi connectivity index (χ1) is 10.3. The van der Waals surface area contributed by atoms with Gasteiger partial charge in [0, 0.05) is 36.0 Å². The smallest absolute Gasteiger partial charge is 0.404 e. The molecule has 0 saturated heterocycles. The summed E-state index contributed by atoms with van der Waals surface area (Å²) in [7, 11) is 0. The van der Waals surface area contributed by atoms with Gasteiger partial charge in [0.05, 0.1) is 6.61 Å². The number of hydrogen-bond donors (Lipinski definition) is 2. The molecule has 0 radical (unpaired) electrons. The van der Waals surface area contributed by atoms with Crippen LogP contribution in [0, 0.1) is 0 Å². The number of benzene rings is 1. The number of nitrogens with one attached hydrogen (secondary N) is 1.